The number of hydrogen-bond acceptors (Lipinski definition) is 3. The molecule has 1 N–H and O–H groups in total. The molecule has 5 heteroatoms. The molecule has 0 saturated carbocycles. The first kappa shape index (κ1) is 12.2. The lowest BCUT2D eigenvalue weighted by Crippen LogP contribution is -2.03. The summed E-state index contributed by atoms with van der Waals surface area (Å²) >= 11 is 0. The van der Waals surface area contributed by atoms with E-state index in [2.05, 4.69) is 0 Å². The Morgan fingerprint density at radius 3 is 2.69 bits per heavy atom. The van der Waals surface area contributed by atoms with Crippen molar-refractivity contribution in [2.45, 2.75) is 26.2 Å². The van der Waals surface area contributed by atoms with Gasteiger partial charge in [0, 0.05) is 6.07 Å². The van der Waals surface area contributed by atoms with Gasteiger partial charge in [0.15, 0.2) is 0 Å². The minimum absolute atomic E-state index is 0.259. The zero-order valence-corrected chi connectivity index (χ0v) is 8.97. The van der Waals surface area contributed by atoms with Gasteiger partial charge >= 0.3 is 5.97 Å². The van der Waals surface area contributed by atoms with Crippen molar-refractivity contribution in [1.82, 2.24) is 0 Å². The molecule has 0 amide bonds. The number of nitrogens with zero attached hydrogens (tertiary/aromatic N) is 1. The Kier molecular flexibility index (Phi) is 3.99. The lowest BCUT2D eigenvalue weighted by atomic mass is 10.0. The second-order valence-corrected chi connectivity index (χ2v) is 3.52. The van der Waals surface area contributed by atoms with Gasteiger partial charge in [-0.3, -0.25) is 10.1 Å². The number of nitro groups is 1. The first-order valence-electron chi connectivity index (χ1n) is 5.07. The highest BCUT2D eigenvalue weighted by Crippen LogP contribution is 2.21. The summed E-state index contributed by atoms with van der Waals surface area (Å²) in [5.41, 5.74) is 0.213. The zero-order valence-electron chi connectivity index (χ0n) is 8.97. The summed E-state index contributed by atoms with van der Waals surface area (Å²) in [6.45, 7) is 2.03. The fourth-order valence-corrected chi connectivity index (χ4v) is 1.45. The molecule has 16 heavy (non-hydrogen) atoms. The standard InChI is InChI=1S/C11H13NO4/c1-2-3-4-8-5-6-9(11(13)14)10(7-8)12(15)16/h5-7H,2-4H2,1H3,(H,13,14). The zero-order chi connectivity index (χ0) is 12.1. The highest BCUT2D eigenvalue weighted by atomic mass is 16.6. The van der Waals surface area contributed by atoms with E-state index in [0.29, 0.717) is 0 Å². The van der Waals surface area contributed by atoms with Gasteiger partial charge in [0.2, 0.25) is 0 Å². The fraction of sp³-hybridized carbons (Fsp3) is 0.364. The van der Waals surface area contributed by atoms with Gasteiger partial charge in [0.25, 0.3) is 5.69 Å². The molecule has 1 rings (SSSR count). The molecular weight excluding hydrogens is 210 g/mol. The lowest BCUT2D eigenvalue weighted by Gasteiger charge is -2.02. The molecule has 86 valence electrons. The van der Waals surface area contributed by atoms with Crippen molar-refractivity contribution < 1.29 is 14.8 Å². The maximum absolute atomic E-state index is 10.7. The van der Waals surface area contributed by atoms with Crippen molar-refractivity contribution >= 4 is 11.7 Å². The largest absolute Gasteiger partial charge is 0.477 e. The predicted molar refractivity (Wildman–Crippen MR) is 58.7 cm³/mol. The van der Waals surface area contributed by atoms with E-state index in [-0.39, 0.29) is 11.3 Å². The Morgan fingerprint density at radius 1 is 1.50 bits per heavy atom. The molecular formula is C11H13NO4. The molecule has 0 bridgehead atoms. The molecule has 0 atom stereocenters. The number of carboxylic acids is 1. The molecule has 0 aromatic heterocycles. The highest BCUT2D eigenvalue weighted by molar-refractivity contribution is 5.92. The monoisotopic (exact) mass is 223 g/mol. The third-order valence-corrected chi connectivity index (χ3v) is 2.31. The summed E-state index contributed by atoms with van der Waals surface area (Å²) in [5, 5.41) is 19.5. The Labute approximate surface area is 92.9 Å². The summed E-state index contributed by atoms with van der Waals surface area (Å²) in [5.74, 6) is -1.27. The lowest BCUT2D eigenvalue weighted by molar-refractivity contribution is -0.385. The number of nitro benzene ring substituents is 1. The van der Waals surface area contributed by atoms with Crippen molar-refractivity contribution in [1.29, 1.82) is 0 Å². The van der Waals surface area contributed by atoms with Crippen LogP contribution in [0.3, 0.4) is 0 Å². The van der Waals surface area contributed by atoms with Gasteiger partial charge in [-0.25, -0.2) is 4.79 Å². The van der Waals surface area contributed by atoms with Gasteiger partial charge in [0.1, 0.15) is 5.56 Å². The second kappa shape index (κ2) is 5.25. The number of carboxylic acid groups (broad SMARTS) is 1. The summed E-state index contributed by atoms with van der Waals surface area (Å²) in [6, 6.07) is 4.27. The highest BCUT2D eigenvalue weighted by Gasteiger charge is 2.19. The number of unbranched alkanes of at least 4 members (excludes halogenated alkanes) is 1. The smallest absolute Gasteiger partial charge is 0.342 e. The van der Waals surface area contributed by atoms with Crippen LogP contribution in [0.15, 0.2) is 18.2 Å². The normalized spacial score (nSPS) is 10.1. The van der Waals surface area contributed by atoms with Crippen LogP contribution in [0.4, 0.5) is 5.69 Å². The van der Waals surface area contributed by atoms with Crippen molar-refractivity contribution in [2.24, 2.45) is 0 Å². The first-order chi connectivity index (χ1) is 7.56. The number of benzene rings is 1. The summed E-state index contributed by atoms with van der Waals surface area (Å²) in [7, 11) is 0. The van der Waals surface area contributed by atoms with Crippen LogP contribution < -0.4 is 0 Å². The maximum Gasteiger partial charge on any atom is 0.342 e. The van der Waals surface area contributed by atoms with Crippen LogP contribution in [0.2, 0.25) is 0 Å². The molecule has 0 saturated heterocycles. The summed E-state index contributed by atoms with van der Waals surface area (Å²) in [6.07, 6.45) is 2.66. The molecule has 0 unspecified atom stereocenters. The SMILES string of the molecule is CCCCc1ccc(C(=O)O)c([N+](=O)[O-])c1. The van der Waals surface area contributed by atoms with Gasteiger partial charge in [-0.2, -0.15) is 0 Å². The van der Waals surface area contributed by atoms with E-state index in [1.54, 1.807) is 6.07 Å². The molecule has 0 fully saturated rings. The topological polar surface area (TPSA) is 80.4 Å². The Hall–Kier alpha value is -1.91. The Morgan fingerprint density at radius 2 is 2.19 bits per heavy atom. The van der Waals surface area contributed by atoms with E-state index in [1.165, 1.54) is 12.1 Å². The number of aryl methyl sites for hydroxylation is 1. The average molecular weight is 223 g/mol. The quantitative estimate of drug-likeness (QED) is 0.614. The third-order valence-electron chi connectivity index (χ3n) is 2.31. The second-order valence-electron chi connectivity index (χ2n) is 3.52. The van der Waals surface area contributed by atoms with Crippen molar-refractivity contribution in [2.75, 3.05) is 0 Å². The Balaban J connectivity index is 3.07. The van der Waals surface area contributed by atoms with E-state index >= 15 is 0 Å². The summed E-state index contributed by atoms with van der Waals surface area (Å²) in [4.78, 5) is 20.8. The van der Waals surface area contributed by atoms with E-state index in [1.807, 2.05) is 6.92 Å². The molecule has 1 aromatic carbocycles. The number of rotatable bonds is 5. The van der Waals surface area contributed by atoms with E-state index in [0.717, 1.165) is 24.8 Å². The Bertz CT molecular complexity index is 414. The fourth-order valence-electron chi connectivity index (χ4n) is 1.45. The number of carbonyl (C=O) groups is 1. The molecule has 0 heterocycles. The molecule has 5 nitrogen and oxygen atoms in total. The van der Waals surface area contributed by atoms with Crippen LogP contribution in [0.1, 0.15) is 35.7 Å². The van der Waals surface area contributed by atoms with Gasteiger partial charge < -0.3 is 5.11 Å². The van der Waals surface area contributed by atoms with Crippen molar-refractivity contribution in [3.05, 3.63) is 39.4 Å². The van der Waals surface area contributed by atoms with Crippen LogP contribution in [0.25, 0.3) is 0 Å². The van der Waals surface area contributed by atoms with Crippen LogP contribution >= 0.6 is 0 Å². The van der Waals surface area contributed by atoms with Gasteiger partial charge in [-0.1, -0.05) is 19.4 Å². The van der Waals surface area contributed by atoms with Crippen LogP contribution in [0.5, 0.6) is 0 Å². The number of aromatic carboxylic acids is 1. The number of hydrogen-bond donors (Lipinski definition) is 1. The third kappa shape index (κ3) is 2.79. The molecule has 1 aromatic rings. The predicted octanol–water partition coefficient (Wildman–Crippen LogP) is 2.64. The van der Waals surface area contributed by atoms with Crippen molar-refractivity contribution in [3.63, 3.8) is 0 Å². The van der Waals surface area contributed by atoms with Crippen LogP contribution in [0, 0.1) is 10.1 Å². The molecule has 0 aliphatic heterocycles. The van der Waals surface area contributed by atoms with E-state index < -0.39 is 10.9 Å². The molecule has 0 aliphatic rings. The average Bonchev–Trinajstić information content (AvgIpc) is 2.25. The van der Waals surface area contributed by atoms with Gasteiger partial charge in [0.05, 0.1) is 4.92 Å². The summed E-state index contributed by atoms with van der Waals surface area (Å²) < 4.78 is 0. The van der Waals surface area contributed by atoms with Crippen molar-refractivity contribution in [3.8, 4) is 0 Å². The van der Waals surface area contributed by atoms with E-state index in [4.69, 9.17) is 5.11 Å². The van der Waals surface area contributed by atoms with Crippen LogP contribution in [-0.2, 0) is 6.42 Å². The molecule has 0 aliphatic carbocycles. The maximum atomic E-state index is 10.7. The minimum Gasteiger partial charge on any atom is -0.477 e. The van der Waals surface area contributed by atoms with Gasteiger partial charge in [-0.15, -0.1) is 0 Å². The van der Waals surface area contributed by atoms with Gasteiger partial charge in [-0.05, 0) is 24.5 Å². The first-order valence-corrected chi connectivity index (χ1v) is 5.07. The van der Waals surface area contributed by atoms with Crippen LogP contribution in [-0.4, -0.2) is 16.0 Å². The molecule has 0 radical (unpaired) electrons. The minimum atomic E-state index is -1.27. The van der Waals surface area contributed by atoms with E-state index in [9.17, 15) is 14.9 Å². The molecule has 0 spiro atoms.